The second kappa shape index (κ2) is 37.2. The summed E-state index contributed by atoms with van der Waals surface area (Å²) in [5, 5.41) is 0. The molecule has 0 aliphatic carbocycles. The van der Waals surface area contributed by atoms with Crippen LogP contribution in [-0.2, 0) is 30.1 Å². The lowest BCUT2D eigenvalue weighted by Crippen LogP contribution is -2.18. The lowest BCUT2D eigenvalue weighted by molar-refractivity contribution is 0.362. The predicted molar refractivity (Wildman–Crippen MR) is 365 cm³/mol. The number of hydrogen-bond acceptors (Lipinski definition) is 7. The van der Waals surface area contributed by atoms with Crippen LogP contribution in [0.4, 0.5) is 0 Å². The third-order valence-corrected chi connectivity index (χ3v) is 14.6. The van der Waals surface area contributed by atoms with Crippen molar-refractivity contribution >= 4 is 11.8 Å². The maximum Gasteiger partial charge on any atom is 0.119 e. The summed E-state index contributed by atoms with van der Waals surface area (Å²) >= 11 is 1.70. The first-order valence-corrected chi connectivity index (χ1v) is 29.7. The number of ether oxygens (including phenoxy) is 6. The van der Waals surface area contributed by atoms with E-state index in [1.54, 1.807) is 48.2 Å². The summed E-state index contributed by atoms with van der Waals surface area (Å²) in [5.41, 5.74) is 10.2. The van der Waals surface area contributed by atoms with Crippen molar-refractivity contribution in [2.75, 3.05) is 39.6 Å². The topological polar surface area (TPSA) is 55.4 Å². The molecule has 0 aliphatic heterocycles. The second-order valence-electron chi connectivity index (χ2n) is 20.8. The molecule has 0 aliphatic rings. The molecule has 0 heterocycles. The van der Waals surface area contributed by atoms with Crippen LogP contribution in [0.2, 0.25) is 0 Å². The Labute approximate surface area is 518 Å². The zero-order valence-electron chi connectivity index (χ0n) is 51.0. The van der Waals surface area contributed by atoms with Crippen LogP contribution in [0.25, 0.3) is 0 Å². The van der Waals surface area contributed by atoms with Gasteiger partial charge in [-0.2, -0.15) is 0 Å². The van der Waals surface area contributed by atoms with Crippen LogP contribution in [0, 0.1) is 0 Å². The zero-order chi connectivity index (χ0) is 61.8. The van der Waals surface area contributed by atoms with E-state index in [0.29, 0.717) is 39.6 Å². The average Bonchev–Trinajstić information content (AvgIpc) is 1.50. The average molecular weight is 1160 g/mol. The van der Waals surface area contributed by atoms with Crippen LogP contribution >= 0.6 is 11.8 Å². The van der Waals surface area contributed by atoms with Gasteiger partial charge in [0.2, 0.25) is 0 Å². The van der Waals surface area contributed by atoms with Gasteiger partial charge >= 0.3 is 0 Å². The van der Waals surface area contributed by atoms with Gasteiger partial charge in [0, 0.05) is 20.6 Å². The molecule has 8 aromatic carbocycles. The number of benzene rings is 8. The Morgan fingerprint density at radius 2 is 0.465 bits per heavy atom. The van der Waals surface area contributed by atoms with Crippen molar-refractivity contribution in [3.8, 4) is 34.5 Å². The van der Waals surface area contributed by atoms with Crippen LogP contribution in [-0.4, -0.2) is 39.6 Å². The molecule has 0 unspecified atom stereocenters. The molecule has 444 valence electrons. The summed E-state index contributed by atoms with van der Waals surface area (Å²) in [6, 6.07) is 66.5. The highest BCUT2D eigenvalue weighted by atomic mass is 32.2. The molecule has 0 bridgehead atoms. The Kier molecular flexibility index (Phi) is 29.3. The molecule has 0 saturated carbocycles. The van der Waals surface area contributed by atoms with Crippen LogP contribution in [0.5, 0.6) is 34.5 Å². The first-order valence-electron chi connectivity index (χ1n) is 28.9. The van der Waals surface area contributed by atoms with Crippen LogP contribution < -0.4 is 28.4 Å². The largest absolute Gasteiger partial charge is 0.490 e. The van der Waals surface area contributed by atoms with Crippen molar-refractivity contribution in [1.82, 2.24) is 0 Å². The van der Waals surface area contributed by atoms with E-state index in [1.165, 1.54) is 54.3 Å². The van der Waals surface area contributed by atoms with Crippen molar-refractivity contribution in [2.24, 2.45) is 0 Å². The lowest BCUT2D eigenvalue weighted by Gasteiger charge is -2.26. The minimum Gasteiger partial charge on any atom is -0.490 e. The number of allylic oxidation sites excluding steroid dienone is 2. The van der Waals surface area contributed by atoms with Crippen LogP contribution in [0.3, 0.4) is 0 Å². The normalized spacial score (nSPS) is 10.5. The van der Waals surface area contributed by atoms with Gasteiger partial charge in [-0.05, 0) is 161 Å². The Balaban J connectivity index is 0.000000209. The van der Waals surface area contributed by atoms with Crippen molar-refractivity contribution in [1.29, 1.82) is 0 Å². The molecule has 0 aromatic heterocycles. The summed E-state index contributed by atoms with van der Waals surface area (Å²) in [6.07, 6.45) is 17.1. The third-order valence-electron chi connectivity index (χ3n) is 13.6. The van der Waals surface area contributed by atoms with Gasteiger partial charge in [0.15, 0.2) is 0 Å². The van der Waals surface area contributed by atoms with Gasteiger partial charge in [-0.15, -0.1) is 13.2 Å². The molecular weight excluding hydrogens is 1080 g/mol. The van der Waals surface area contributed by atoms with Gasteiger partial charge < -0.3 is 28.4 Å². The minimum absolute atomic E-state index is 0.0133. The molecule has 8 aromatic rings. The zero-order valence-corrected chi connectivity index (χ0v) is 51.8. The van der Waals surface area contributed by atoms with Gasteiger partial charge in [-0.1, -0.05) is 225 Å². The van der Waals surface area contributed by atoms with Gasteiger partial charge in [-0.25, -0.2) is 0 Å². The fourth-order valence-electron chi connectivity index (χ4n) is 8.63. The SMILES string of the molecule is C=CCOc1ccc(C(C)(C)c2ccc(OCC=C)cc2)cc1.C=CCOc1ccc(Cc2ccc(OCC=C)cc2)cc1.C=CCOc1ccc(Sc2ccc(OCC=C)cc2)cc1.C=CCc1ccc(C(C)(C)c2ccc(CC=C)cc2)cc1. The Morgan fingerprint density at radius 1 is 0.267 bits per heavy atom. The van der Waals surface area contributed by atoms with E-state index in [4.69, 9.17) is 28.4 Å². The van der Waals surface area contributed by atoms with E-state index in [0.717, 1.165) is 53.8 Å². The van der Waals surface area contributed by atoms with Gasteiger partial charge in [-0.3, -0.25) is 0 Å². The number of rotatable bonds is 30. The van der Waals surface area contributed by atoms with Gasteiger partial charge in [0.25, 0.3) is 0 Å². The maximum absolute atomic E-state index is 5.54. The van der Waals surface area contributed by atoms with Gasteiger partial charge in [0.1, 0.15) is 74.1 Å². The number of hydrogen-bond donors (Lipinski definition) is 0. The summed E-state index contributed by atoms with van der Waals surface area (Å²) in [5.74, 6) is 5.16. The molecule has 0 fully saturated rings. The molecule has 6 nitrogen and oxygen atoms in total. The summed E-state index contributed by atoms with van der Waals surface area (Å²) in [4.78, 5) is 2.33. The first kappa shape index (κ1) is 67.6. The van der Waals surface area contributed by atoms with Crippen molar-refractivity contribution in [3.63, 3.8) is 0 Å². The molecule has 0 spiro atoms. The van der Waals surface area contributed by atoms with E-state index in [9.17, 15) is 0 Å². The second-order valence-corrected chi connectivity index (χ2v) is 21.9. The fourth-order valence-corrected chi connectivity index (χ4v) is 9.45. The van der Waals surface area contributed by atoms with E-state index < -0.39 is 0 Å². The molecule has 0 atom stereocenters. The standard InChI is InChI=1S/C21H24O2.C21H24.C19H20O2.C18H18O2S/c1-5-15-22-19-11-7-17(8-12-19)21(3,4)18-9-13-20(14-10-18)23-16-6-2;1-5-7-17-9-13-19(14-10-17)21(3,4)20-15-11-18(8-6-2)12-16-20;1-3-13-20-18-9-5-16(6-10-18)15-17-7-11-19(12-8-17)21-14-4-2;1-3-13-19-15-5-9-17(10-6-15)21-18-11-7-16(8-12-18)20-14-4-2/h5-14H,1-2,15-16H2,3-4H3;5-6,9-16H,1-2,7-8H2,3-4H3;3-12H,1-2,13-15H2;3-12H,1-2,13-14H2. The maximum atomic E-state index is 5.54. The third kappa shape index (κ3) is 23.1. The molecule has 0 radical (unpaired) electrons. The Hall–Kier alpha value is -9.17. The van der Waals surface area contributed by atoms with E-state index in [2.05, 4.69) is 177 Å². The highest BCUT2D eigenvalue weighted by molar-refractivity contribution is 7.99. The van der Waals surface area contributed by atoms with Crippen LogP contribution in [0.15, 0.2) is 305 Å². The Morgan fingerprint density at radius 3 is 0.686 bits per heavy atom. The lowest BCUT2D eigenvalue weighted by atomic mass is 9.77. The molecular formula is C79H86O6S. The molecule has 0 saturated heterocycles. The van der Waals surface area contributed by atoms with E-state index in [-0.39, 0.29) is 10.8 Å². The molecule has 0 amide bonds. The monoisotopic (exact) mass is 1160 g/mol. The summed E-state index contributed by atoms with van der Waals surface area (Å²) < 4.78 is 32.9. The highest BCUT2D eigenvalue weighted by Gasteiger charge is 2.24. The minimum atomic E-state index is -0.0894. The van der Waals surface area contributed by atoms with E-state index in [1.807, 2.05) is 109 Å². The Bertz CT molecular complexity index is 2950. The quantitative estimate of drug-likeness (QED) is 0.0416. The molecule has 0 N–H and O–H groups in total. The van der Waals surface area contributed by atoms with Crippen molar-refractivity contribution < 1.29 is 28.4 Å². The highest BCUT2D eigenvalue weighted by Crippen LogP contribution is 2.35. The molecule has 86 heavy (non-hydrogen) atoms. The van der Waals surface area contributed by atoms with E-state index >= 15 is 0 Å². The predicted octanol–water partition coefficient (Wildman–Crippen LogP) is 20.0. The molecule has 8 rings (SSSR count). The summed E-state index contributed by atoms with van der Waals surface area (Å²) in [7, 11) is 0. The smallest absolute Gasteiger partial charge is 0.119 e. The van der Waals surface area contributed by atoms with Gasteiger partial charge in [0.05, 0.1) is 0 Å². The van der Waals surface area contributed by atoms with Crippen LogP contribution in [0.1, 0.15) is 72.2 Å². The first-order chi connectivity index (χ1) is 41.8. The van der Waals surface area contributed by atoms with Crippen molar-refractivity contribution in [2.45, 2.75) is 67.6 Å². The van der Waals surface area contributed by atoms with Crippen molar-refractivity contribution in [3.05, 3.63) is 340 Å². The summed E-state index contributed by atoms with van der Waals surface area (Å²) in [6.45, 7) is 41.6. The fraction of sp³-hybridized carbons (Fsp3) is 0.190. The molecule has 7 heteroatoms.